The first kappa shape index (κ1) is 14.6. The van der Waals surface area contributed by atoms with Crippen LogP contribution in [0.4, 0.5) is 0 Å². The monoisotopic (exact) mass is 315 g/mol. The van der Waals surface area contributed by atoms with E-state index >= 15 is 0 Å². The van der Waals surface area contributed by atoms with Crippen LogP contribution in [-0.4, -0.2) is 23.5 Å². The smallest absolute Gasteiger partial charge is 0.251 e. The van der Waals surface area contributed by atoms with E-state index < -0.39 is 0 Å². The number of hydrogen-bond acceptors (Lipinski definition) is 2. The van der Waals surface area contributed by atoms with Crippen LogP contribution in [0.1, 0.15) is 29.8 Å². The Hall–Kier alpha value is -0.480. The Balaban J connectivity index is 2.67. The van der Waals surface area contributed by atoms with Crippen LogP contribution in [-0.2, 0) is 0 Å². The third kappa shape index (κ3) is 4.36. The van der Waals surface area contributed by atoms with Crippen molar-refractivity contribution < 1.29 is 4.79 Å². The highest BCUT2D eigenvalue weighted by Crippen LogP contribution is 2.19. The van der Waals surface area contributed by atoms with Crippen LogP contribution in [0.25, 0.3) is 0 Å². The molecule has 0 aliphatic carbocycles. The first-order valence-corrected chi connectivity index (χ1v) is 7.64. The maximum Gasteiger partial charge on any atom is 0.251 e. The number of carbonyl (C=O) groups is 1. The second-order valence-electron chi connectivity index (χ2n) is 3.95. The largest absolute Gasteiger partial charge is 0.349 e. The van der Waals surface area contributed by atoms with Gasteiger partial charge in [0.1, 0.15) is 0 Å². The molecule has 0 spiro atoms. The van der Waals surface area contributed by atoms with Crippen molar-refractivity contribution in [1.29, 1.82) is 0 Å². The molecule has 1 atom stereocenters. The fourth-order valence-corrected chi connectivity index (χ4v) is 2.53. The molecule has 0 saturated carbocycles. The summed E-state index contributed by atoms with van der Waals surface area (Å²) in [5.74, 6) is 2.04. The SMILES string of the molecule is CCSCC(C)NC(=O)c1cccc(Br)c1C. The highest BCUT2D eigenvalue weighted by molar-refractivity contribution is 9.10. The second kappa shape index (κ2) is 7.07. The van der Waals surface area contributed by atoms with Crippen LogP contribution in [0, 0.1) is 6.92 Å². The van der Waals surface area contributed by atoms with Crippen LogP contribution in [0.2, 0.25) is 0 Å². The lowest BCUT2D eigenvalue weighted by Crippen LogP contribution is -2.34. The van der Waals surface area contributed by atoms with Crippen molar-refractivity contribution in [2.75, 3.05) is 11.5 Å². The van der Waals surface area contributed by atoms with Gasteiger partial charge in [-0.2, -0.15) is 11.8 Å². The minimum atomic E-state index is 0.00741. The number of nitrogens with one attached hydrogen (secondary N) is 1. The van der Waals surface area contributed by atoms with Crippen LogP contribution < -0.4 is 5.32 Å². The van der Waals surface area contributed by atoms with Crippen molar-refractivity contribution in [3.63, 3.8) is 0 Å². The Morgan fingerprint density at radius 2 is 2.24 bits per heavy atom. The van der Waals surface area contributed by atoms with Gasteiger partial charge in [0.15, 0.2) is 0 Å². The van der Waals surface area contributed by atoms with Gasteiger partial charge in [-0.15, -0.1) is 0 Å². The van der Waals surface area contributed by atoms with Crippen molar-refractivity contribution in [2.45, 2.75) is 26.8 Å². The summed E-state index contributed by atoms with van der Waals surface area (Å²) in [5, 5.41) is 3.02. The Morgan fingerprint density at radius 1 is 1.53 bits per heavy atom. The standard InChI is InChI=1S/C13H18BrNOS/c1-4-17-8-9(2)15-13(16)11-6-5-7-12(14)10(11)3/h5-7,9H,4,8H2,1-3H3,(H,15,16). The quantitative estimate of drug-likeness (QED) is 0.899. The van der Waals surface area contributed by atoms with Gasteiger partial charge in [-0.05, 0) is 37.3 Å². The Labute approximate surface area is 116 Å². The molecule has 0 saturated heterocycles. The van der Waals surface area contributed by atoms with Crippen LogP contribution >= 0.6 is 27.7 Å². The summed E-state index contributed by atoms with van der Waals surface area (Å²) in [6.45, 7) is 6.11. The Kier molecular flexibility index (Phi) is 6.06. The fraction of sp³-hybridized carbons (Fsp3) is 0.462. The zero-order chi connectivity index (χ0) is 12.8. The lowest BCUT2D eigenvalue weighted by molar-refractivity contribution is 0.0943. The maximum atomic E-state index is 12.1. The highest BCUT2D eigenvalue weighted by atomic mass is 79.9. The number of carbonyl (C=O) groups excluding carboxylic acids is 1. The van der Waals surface area contributed by atoms with Crippen LogP contribution in [0.5, 0.6) is 0 Å². The Bertz CT molecular complexity index is 395. The van der Waals surface area contributed by atoms with E-state index in [-0.39, 0.29) is 11.9 Å². The summed E-state index contributed by atoms with van der Waals surface area (Å²) in [6, 6.07) is 5.89. The summed E-state index contributed by atoms with van der Waals surface area (Å²) in [7, 11) is 0. The van der Waals surface area contributed by atoms with Gasteiger partial charge in [0, 0.05) is 21.8 Å². The minimum absolute atomic E-state index is 0.00741. The molecule has 94 valence electrons. The normalized spacial score (nSPS) is 12.2. The van der Waals surface area contributed by atoms with Crippen molar-refractivity contribution in [2.24, 2.45) is 0 Å². The number of halogens is 1. The van der Waals surface area contributed by atoms with Crippen molar-refractivity contribution >= 4 is 33.6 Å². The summed E-state index contributed by atoms with van der Waals surface area (Å²) < 4.78 is 0.973. The maximum absolute atomic E-state index is 12.1. The summed E-state index contributed by atoms with van der Waals surface area (Å²) in [5.41, 5.74) is 1.73. The molecule has 1 N–H and O–H groups in total. The molecule has 1 amide bonds. The molecule has 4 heteroatoms. The molecule has 0 radical (unpaired) electrons. The number of benzene rings is 1. The van der Waals surface area contributed by atoms with Gasteiger partial charge in [-0.3, -0.25) is 4.79 Å². The van der Waals surface area contributed by atoms with Gasteiger partial charge in [-0.1, -0.05) is 28.9 Å². The molecule has 0 heterocycles. The average molecular weight is 316 g/mol. The molecular formula is C13H18BrNOS. The van der Waals surface area contributed by atoms with Gasteiger partial charge in [0.25, 0.3) is 5.91 Å². The molecule has 0 aromatic heterocycles. The van der Waals surface area contributed by atoms with Gasteiger partial charge < -0.3 is 5.32 Å². The molecule has 0 fully saturated rings. The van der Waals surface area contributed by atoms with Crippen molar-refractivity contribution in [1.82, 2.24) is 5.32 Å². The molecule has 0 bridgehead atoms. The molecule has 17 heavy (non-hydrogen) atoms. The van der Waals surface area contributed by atoms with Gasteiger partial charge in [0.2, 0.25) is 0 Å². The van der Waals surface area contributed by atoms with E-state index in [1.54, 1.807) is 0 Å². The lowest BCUT2D eigenvalue weighted by atomic mass is 10.1. The van der Waals surface area contributed by atoms with E-state index in [9.17, 15) is 4.79 Å². The molecule has 0 aliphatic heterocycles. The second-order valence-corrected chi connectivity index (χ2v) is 6.12. The molecule has 2 nitrogen and oxygen atoms in total. The van der Waals surface area contributed by atoms with Crippen LogP contribution in [0.15, 0.2) is 22.7 Å². The fourth-order valence-electron chi connectivity index (χ4n) is 1.49. The number of hydrogen-bond donors (Lipinski definition) is 1. The van der Waals surface area contributed by atoms with Gasteiger partial charge in [-0.25, -0.2) is 0 Å². The topological polar surface area (TPSA) is 29.1 Å². The van der Waals surface area contributed by atoms with Crippen molar-refractivity contribution in [3.05, 3.63) is 33.8 Å². The van der Waals surface area contributed by atoms with Gasteiger partial charge in [0.05, 0.1) is 0 Å². The van der Waals surface area contributed by atoms with E-state index in [4.69, 9.17) is 0 Å². The van der Waals surface area contributed by atoms with Gasteiger partial charge >= 0.3 is 0 Å². The van der Waals surface area contributed by atoms with E-state index in [1.165, 1.54) is 0 Å². The molecule has 1 aromatic carbocycles. The predicted octanol–water partition coefficient (Wildman–Crippen LogP) is 3.63. The molecule has 0 aliphatic rings. The highest BCUT2D eigenvalue weighted by Gasteiger charge is 2.12. The van der Waals surface area contributed by atoms with E-state index in [1.807, 2.05) is 43.8 Å². The first-order valence-electron chi connectivity index (χ1n) is 5.70. The Morgan fingerprint density at radius 3 is 2.88 bits per heavy atom. The predicted molar refractivity (Wildman–Crippen MR) is 78.8 cm³/mol. The number of rotatable bonds is 5. The zero-order valence-electron chi connectivity index (χ0n) is 10.4. The lowest BCUT2D eigenvalue weighted by Gasteiger charge is -2.14. The van der Waals surface area contributed by atoms with E-state index in [0.717, 1.165) is 27.1 Å². The average Bonchev–Trinajstić information content (AvgIpc) is 2.29. The van der Waals surface area contributed by atoms with E-state index in [0.29, 0.717) is 0 Å². The third-order valence-corrected chi connectivity index (χ3v) is 4.46. The zero-order valence-corrected chi connectivity index (χ0v) is 12.8. The summed E-state index contributed by atoms with van der Waals surface area (Å²) >= 11 is 5.28. The number of amides is 1. The third-order valence-electron chi connectivity index (χ3n) is 2.46. The van der Waals surface area contributed by atoms with E-state index in [2.05, 4.69) is 28.2 Å². The van der Waals surface area contributed by atoms with Crippen LogP contribution in [0.3, 0.4) is 0 Å². The summed E-state index contributed by atoms with van der Waals surface area (Å²) in [4.78, 5) is 12.1. The first-order chi connectivity index (χ1) is 8.06. The van der Waals surface area contributed by atoms with Crippen molar-refractivity contribution in [3.8, 4) is 0 Å². The molecular weight excluding hydrogens is 298 g/mol. The molecule has 1 rings (SSSR count). The summed E-state index contributed by atoms with van der Waals surface area (Å²) in [6.07, 6.45) is 0. The minimum Gasteiger partial charge on any atom is -0.349 e. The molecule has 1 unspecified atom stereocenters. The molecule has 1 aromatic rings. The number of thioether (sulfide) groups is 1.